The minimum Gasteiger partial charge on any atom is -0.380 e. The van der Waals surface area contributed by atoms with Crippen LogP contribution >= 0.6 is 0 Å². The molecule has 3 heteroatoms. The molecule has 0 spiro atoms. The maximum Gasteiger partial charge on any atom is 0.129 e. The molecule has 0 N–H and O–H groups in total. The zero-order valence-corrected chi connectivity index (χ0v) is 10.4. The van der Waals surface area contributed by atoms with Crippen LogP contribution in [0.4, 0.5) is 0 Å². The second-order valence-electron chi connectivity index (χ2n) is 5.92. The van der Waals surface area contributed by atoms with E-state index >= 15 is 0 Å². The zero-order valence-electron chi connectivity index (χ0n) is 10.4. The van der Waals surface area contributed by atoms with Crippen molar-refractivity contribution in [3.05, 3.63) is 0 Å². The second-order valence-corrected chi connectivity index (χ2v) is 5.92. The molecule has 0 saturated carbocycles. The van der Waals surface area contributed by atoms with Crippen molar-refractivity contribution >= 4 is 6.29 Å². The molecule has 0 aromatic heterocycles. The fourth-order valence-corrected chi connectivity index (χ4v) is 3.24. The monoisotopic (exact) mass is 225 g/mol. The van der Waals surface area contributed by atoms with Gasteiger partial charge in [0.05, 0.1) is 12.0 Å². The van der Waals surface area contributed by atoms with E-state index in [1.165, 1.54) is 6.42 Å². The van der Waals surface area contributed by atoms with Gasteiger partial charge in [-0.15, -0.1) is 0 Å². The highest BCUT2D eigenvalue weighted by molar-refractivity contribution is 5.60. The molecule has 3 atom stereocenters. The predicted octanol–water partition coefficient (Wildman–Crippen LogP) is 1.57. The Labute approximate surface area is 98.1 Å². The van der Waals surface area contributed by atoms with Crippen LogP contribution in [0.15, 0.2) is 0 Å². The van der Waals surface area contributed by atoms with E-state index in [0.717, 1.165) is 50.8 Å². The molecule has 3 nitrogen and oxygen atoms in total. The first kappa shape index (κ1) is 12.1. The molecule has 0 amide bonds. The summed E-state index contributed by atoms with van der Waals surface area (Å²) in [4.78, 5) is 13.7. The van der Waals surface area contributed by atoms with Gasteiger partial charge in [0.1, 0.15) is 6.29 Å². The lowest BCUT2D eigenvalue weighted by molar-refractivity contribution is -0.117. The van der Waals surface area contributed by atoms with Crippen LogP contribution < -0.4 is 0 Å². The number of likely N-dealkylation sites (tertiary alicyclic amines) is 1. The van der Waals surface area contributed by atoms with E-state index in [0.29, 0.717) is 6.61 Å². The summed E-state index contributed by atoms with van der Waals surface area (Å²) in [5.74, 6) is 1.52. The number of rotatable bonds is 3. The minimum absolute atomic E-state index is 0.212. The molecular formula is C13H23NO2. The fourth-order valence-electron chi connectivity index (χ4n) is 3.24. The molecule has 3 unspecified atom stereocenters. The maximum absolute atomic E-state index is 11.3. The maximum atomic E-state index is 11.3. The number of carbonyl (C=O) groups excluding carboxylic acids is 1. The van der Waals surface area contributed by atoms with Gasteiger partial charge in [-0.3, -0.25) is 0 Å². The van der Waals surface area contributed by atoms with Crippen molar-refractivity contribution in [1.29, 1.82) is 0 Å². The second kappa shape index (κ2) is 4.84. The Balaban J connectivity index is 1.94. The van der Waals surface area contributed by atoms with Gasteiger partial charge in [-0.2, -0.15) is 0 Å². The molecule has 0 radical (unpaired) electrons. The van der Waals surface area contributed by atoms with E-state index in [1.54, 1.807) is 0 Å². The summed E-state index contributed by atoms with van der Waals surface area (Å²) >= 11 is 0. The third kappa shape index (κ3) is 2.64. The van der Waals surface area contributed by atoms with Crippen LogP contribution in [0.2, 0.25) is 0 Å². The van der Waals surface area contributed by atoms with Gasteiger partial charge in [-0.05, 0) is 24.7 Å². The zero-order chi connectivity index (χ0) is 11.6. The minimum atomic E-state index is -0.212. The molecular weight excluding hydrogens is 202 g/mol. The first-order chi connectivity index (χ1) is 7.63. The average molecular weight is 225 g/mol. The van der Waals surface area contributed by atoms with Crippen LogP contribution in [-0.2, 0) is 9.53 Å². The molecule has 0 aliphatic carbocycles. The van der Waals surface area contributed by atoms with Crippen molar-refractivity contribution in [2.24, 2.45) is 17.3 Å². The molecule has 2 rings (SSSR count). The average Bonchev–Trinajstić information content (AvgIpc) is 2.65. The third-order valence-electron chi connectivity index (χ3n) is 3.87. The lowest BCUT2D eigenvalue weighted by atomic mass is 9.85. The Morgan fingerprint density at radius 3 is 2.56 bits per heavy atom. The Bertz CT molecular complexity index is 238. The van der Waals surface area contributed by atoms with E-state index in [2.05, 4.69) is 18.7 Å². The van der Waals surface area contributed by atoms with Crippen molar-refractivity contribution in [2.45, 2.75) is 26.7 Å². The van der Waals surface area contributed by atoms with Gasteiger partial charge in [-0.25, -0.2) is 0 Å². The summed E-state index contributed by atoms with van der Waals surface area (Å²) in [5, 5.41) is 0. The molecule has 0 aromatic rings. The van der Waals surface area contributed by atoms with Gasteiger partial charge in [0.15, 0.2) is 0 Å². The van der Waals surface area contributed by atoms with E-state index in [1.807, 2.05) is 0 Å². The number of aldehydes is 1. The number of ether oxygens (including phenoxy) is 1. The number of carbonyl (C=O) groups is 1. The Morgan fingerprint density at radius 2 is 2.06 bits per heavy atom. The summed E-state index contributed by atoms with van der Waals surface area (Å²) in [7, 11) is 0. The molecule has 92 valence electrons. The van der Waals surface area contributed by atoms with Gasteiger partial charge >= 0.3 is 0 Å². The number of hydrogen-bond acceptors (Lipinski definition) is 3. The van der Waals surface area contributed by atoms with Crippen molar-refractivity contribution in [3.8, 4) is 0 Å². The summed E-state index contributed by atoms with van der Waals surface area (Å²) in [5.41, 5.74) is -0.212. The number of nitrogens with zero attached hydrogens (tertiary/aromatic N) is 1. The summed E-state index contributed by atoms with van der Waals surface area (Å²) in [6.07, 6.45) is 3.35. The molecule has 0 aromatic carbocycles. The molecule has 2 fully saturated rings. The van der Waals surface area contributed by atoms with Crippen LogP contribution in [0, 0.1) is 17.3 Å². The van der Waals surface area contributed by atoms with Crippen LogP contribution in [0.1, 0.15) is 26.7 Å². The lowest BCUT2D eigenvalue weighted by Crippen LogP contribution is -2.46. The Morgan fingerprint density at radius 1 is 1.38 bits per heavy atom. The Kier molecular flexibility index (Phi) is 3.65. The lowest BCUT2D eigenvalue weighted by Gasteiger charge is -2.38. The van der Waals surface area contributed by atoms with Gasteiger partial charge in [0.2, 0.25) is 0 Å². The van der Waals surface area contributed by atoms with Gasteiger partial charge in [0.25, 0.3) is 0 Å². The van der Waals surface area contributed by atoms with Crippen molar-refractivity contribution in [2.75, 3.05) is 32.8 Å². The van der Waals surface area contributed by atoms with E-state index in [-0.39, 0.29) is 5.41 Å². The topological polar surface area (TPSA) is 29.5 Å². The molecule has 2 heterocycles. The summed E-state index contributed by atoms with van der Waals surface area (Å²) in [6, 6.07) is 0. The highest BCUT2D eigenvalue weighted by Crippen LogP contribution is 2.30. The first-order valence-electron chi connectivity index (χ1n) is 6.40. The quantitative estimate of drug-likeness (QED) is 0.683. The molecule has 2 saturated heterocycles. The van der Waals surface area contributed by atoms with Crippen LogP contribution in [0.3, 0.4) is 0 Å². The largest absolute Gasteiger partial charge is 0.380 e. The number of hydrogen-bond donors (Lipinski definition) is 0. The van der Waals surface area contributed by atoms with E-state index in [9.17, 15) is 4.79 Å². The molecule has 2 aliphatic rings. The first-order valence-corrected chi connectivity index (χ1v) is 6.40. The number of piperidine rings is 1. The van der Waals surface area contributed by atoms with Gasteiger partial charge in [-0.1, -0.05) is 13.8 Å². The normalized spacial score (nSPS) is 41.1. The fraction of sp³-hybridized carbons (Fsp3) is 0.923. The third-order valence-corrected chi connectivity index (χ3v) is 3.87. The van der Waals surface area contributed by atoms with Crippen molar-refractivity contribution in [3.63, 3.8) is 0 Å². The van der Waals surface area contributed by atoms with Crippen molar-refractivity contribution in [1.82, 2.24) is 4.90 Å². The van der Waals surface area contributed by atoms with Gasteiger partial charge < -0.3 is 14.4 Å². The highest BCUT2D eigenvalue weighted by atomic mass is 16.5. The summed E-state index contributed by atoms with van der Waals surface area (Å²) < 4.78 is 5.39. The molecule has 16 heavy (non-hydrogen) atoms. The van der Waals surface area contributed by atoms with Crippen LogP contribution in [0.5, 0.6) is 0 Å². The Hall–Kier alpha value is -0.410. The molecule has 2 aliphatic heterocycles. The smallest absolute Gasteiger partial charge is 0.129 e. The van der Waals surface area contributed by atoms with E-state index in [4.69, 9.17) is 4.74 Å². The SMILES string of the molecule is CC1CC(C)CN(CC2(C=O)CCOC2)C1. The van der Waals surface area contributed by atoms with E-state index < -0.39 is 0 Å². The highest BCUT2D eigenvalue weighted by Gasteiger charge is 2.37. The summed E-state index contributed by atoms with van der Waals surface area (Å²) in [6.45, 7) is 9.15. The predicted molar refractivity (Wildman–Crippen MR) is 63.3 cm³/mol. The van der Waals surface area contributed by atoms with Crippen LogP contribution in [0.25, 0.3) is 0 Å². The van der Waals surface area contributed by atoms with Crippen molar-refractivity contribution < 1.29 is 9.53 Å². The standard InChI is InChI=1S/C13H23NO2/c1-11-5-12(2)7-14(6-11)8-13(9-15)3-4-16-10-13/h9,11-12H,3-8,10H2,1-2H3. The molecule has 0 bridgehead atoms. The van der Waals surface area contributed by atoms with Crippen LogP contribution in [-0.4, -0.2) is 44.0 Å². The van der Waals surface area contributed by atoms with Gasteiger partial charge in [0, 0.05) is 26.2 Å².